The number of hydrogen-bond acceptors (Lipinski definition) is 0. The van der Waals surface area contributed by atoms with Crippen LogP contribution in [0.5, 0.6) is 0 Å². The quantitative estimate of drug-likeness (QED) is 0.194. The molecule has 145 valence electrons. The van der Waals surface area contributed by atoms with Crippen LogP contribution in [0.1, 0.15) is 149 Å². The predicted octanol–water partition coefficient (Wildman–Crippen LogP) is 9.42. The SMILES string of the molecule is CCCCCCCCCCCCCCCCCCCCC[C](C)C. The molecule has 0 saturated heterocycles. The van der Waals surface area contributed by atoms with Gasteiger partial charge in [-0.25, -0.2) is 0 Å². The fourth-order valence-corrected chi connectivity index (χ4v) is 3.56. The van der Waals surface area contributed by atoms with Crippen LogP contribution >= 0.6 is 0 Å². The van der Waals surface area contributed by atoms with Gasteiger partial charge in [-0.15, -0.1) is 0 Å². The van der Waals surface area contributed by atoms with Crippen LogP contribution in [-0.2, 0) is 0 Å². The van der Waals surface area contributed by atoms with Gasteiger partial charge in [0.05, 0.1) is 0 Å². The monoisotopic (exact) mass is 337 g/mol. The second-order valence-corrected chi connectivity index (χ2v) is 8.32. The van der Waals surface area contributed by atoms with Gasteiger partial charge in [-0.2, -0.15) is 0 Å². The van der Waals surface area contributed by atoms with Crippen LogP contribution in [0.25, 0.3) is 0 Å². The van der Waals surface area contributed by atoms with Crippen LogP contribution < -0.4 is 0 Å². The standard InChI is InChI=1S/C24H49/c1-4-5-6-7-8-9-10-11-12-13-14-15-16-17-18-19-20-21-22-23-24(2)3/h4-23H2,1-3H3. The first-order valence-electron chi connectivity index (χ1n) is 11.6. The van der Waals surface area contributed by atoms with Crippen molar-refractivity contribution in [3.63, 3.8) is 0 Å². The van der Waals surface area contributed by atoms with E-state index in [-0.39, 0.29) is 0 Å². The average molecular weight is 338 g/mol. The van der Waals surface area contributed by atoms with Gasteiger partial charge in [0, 0.05) is 0 Å². The van der Waals surface area contributed by atoms with Crippen molar-refractivity contribution in [2.45, 2.75) is 149 Å². The fourth-order valence-electron chi connectivity index (χ4n) is 3.56. The molecule has 0 heteroatoms. The van der Waals surface area contributed by atoms with Crippen LogP contribution in [0.3, 0.4) is 0 Å². The maximum atomic E-state index is 2.30. The Bertz CT molecular complexity index is 206. The molecule has 0 fully saturated rings. The van der Waals surface area contributed by atoms with Gasteiger partial charge in [0.15, 0.2) is 0 Å². The molecule has 0 unspecified atom stereocenters. The zero-order valence-electron chi connectivity index (χ0n) is 17.6. The Balaban J connectivity index is 2.95. The highest BCUT2D eigenvalue weighted by Gasteiger charge is 1.96. The molecule has 0 aliphatic carbocycles. The molecule has 0 bridgehead atoms. The van der Waals surface area contributed by atoms with Crippen molar-refractivity contribution in [1.29, 1.82) is 0 Å². The largest absolute Gasteiger partial charge is 0.0654 e. The lowest BCUT2D eigenvalue weighted by Gasteiger charge is -2.05. The van der Waals surface area contributed by atoms with E-state index in [0.717, 1.165) is 0 Å². The Labute approximate surface area is 155 Å². The lowest BCUT2D eigenvalue weighted by molar-refractivity contribution is 0.522. The molecule has 0 atom stereocenters. The first-order chi connectivity index (χ1) is 11.8. The Morgan fingerprint density at radius 2 is 0.625 bits per heavy atom. The third-order valence-corrected chi connectivity index (χ3v) is 5.28. The van der Waals surface area contributed by atoms with Crippen LogP contribution in [0.2, 0.25) is 0 Å². The topological polar surface area (TPSA) is 0 Å². The summed E-state index contributed by atoms with van der Waals surface area (Å²) in [5.74, 6) is 1.60. The van der Waals surface area contributed by atoms with Gasteiger partial charge < -0.3 is 0 Å². The van der Waals surface area contributed by atoms with Crippen LogP contribution in [0, 0.1) is 5.92 Å². The van der Waals surface area contributed by atoms with Gasteiger partial charge in [0.2, 0.25) is 0 Å². The predicted molar refractivity (Wildman–Crippen MR) is 113 cm³/mol. The van der Waals surface area contributed by atoms with Gasteiger partial charge in [0.1, 0.15) is 0 Å². The maximum absolute atomic E-state index is 2.30. The summed E-state index contributed by atoms with van der Waals surface area (Å²) in [4.78, 5) is 0. The van der Waals surface area contributed by atoms with Gasteiger partial charge in [-0.1, -0.05) is 143 Å². The highest BCUT2D eigenvalue weighted by Crippen LogP contribution is 2.15. The molecule has 0 aromatic rings. The molecule has 0 nitrogen and oxygen atoms in total. The molecule has 0 aromatic heterocycles. The van der Waals surface area contributed by atoms with Gasteiger partial charge in [-0.05, 0) is 12.3 Å². The Hall–Kier alpha value is 0. The van der Waals surface area contributed by atoms with E-state index in [9.17, 15) is 0 Å². The Kier molecular flexibility index (Phi) is 21.0. The highest BCUT2D eigenvalue weighted by molar-refractivity contribution is 4.75. The van der Waals surface area contributed by atoms with Crippen molar-refractivity contribution in [2.75, 3.05) is 0 Å². The molecule has 1 radical (unpaired) electrons. The van der Waals surface area contributed by atoms with Crippen LogP contribution in [-0.4, -0.2) is 0 Å². The lowest BCUT2D eigenvalue weighted by atomic mass is 10.0. The summed E-state index contributed by atoms with van der Waals surface area (Å²) in [6.45, 7) is 6.82. The minimum absolute atomic E-state index is 1.35. The number of unbranched alkanes of at least 4 members (excludes halogenated alkanes) is 18. The van der Waals surface area contributed by atoms with E-state index in [1.54, 1.807) is 5.92 Å². The minimum atomic E-state index is 1.35. The zero-order chi connectivity index (χ0) is 17.7. The molecule has 0 aliphatic heterocycles. The van der Waals surface area contributed by atoms with E-state index in [0.29, 0.717) is 0 Å². The van der Waals surface area contributed by atoms with E-state index >= 15 is 0 Å². The third-order valence-electron chi connectivity index (χ3n) is 5.28. The summed E-state index contributed by atoms with van der Waals surface area (Å²) >= 11 is 0. The van der Waals surface area contributed by atoms with E-state index in [1.165, 1.54) is 128 Å². The fraction of sp³-hybridized carbons (Fsp3) is 0.958. The molecular formula is C24H49. The molecule has 0 heterocycles. The highest BCUT2D eigenvalue weighted by atomic mass is 14.0. The molecule has 0 N–H and O–H groups in total. The van der Waals surface area contributed by atoms with E-state index < -0.39 is 0 Å². The molecule has 24 heavy (non-hydrogen) atoms. The van der Waals surface area contributed by atoms with Crippen LogP contribution in [0.15, 0.2) is 0 Å². The van der Waals surface area contributed by atoms with Crippen molar-refractivity contribution in [3.05, 3.63) is 5.92 Å². The summed E-state index contributed by atoms with van der Waals surface area (Å²) in [6, 6.07) is 0. The van der Waals surface area contributed by atoms with Crippen molar-refractivity contribution in [2.24, 2.45) is 0 Å². The summed E-state index contributed by atoms with van der Waals surface area (Å²) < 4.78 is 0. The second-order valence-electron chi connectivity index (χ2n) is 8.32. The minimum Gasteiger partial charge on any atom is -0.0654 e. The molecule has 0 amide bonds. The summed E-state index contributed by atoms with van der Waals surface area (Å²) in [5.41, 5.74) is 0. The smallest absolute Gasteiger partial charge is 0.0303 e. The lowest BCUT2D eigenvalue weighted by Crippen LogP contribution is -1.86. The third kappa shape index (κ3) is 22.0. The normalized spacial score (nSPS) is 11.5. The van der Waals surface area contributed by atoms with Crippen molar-refractivity contribution >= 4 is 0 Å². The zero-order valence-corrected chi connectivity index (χ0v) is 17.6. The molecule has 0 spiro atoms. The number of hydrogen-bond donors (Lipinski definition) is 0. The molecule has 0 rings (SSSR count). The molecule has 0 aromatic carbocycles. The van der Waals surface area contributed by atoms with Crippen molar-refractivity contribution in [1.82, 2.24) is 0 Å². The van der Waals surface area contributed by atoms with Crippen LogP contribution in [0.4, 0.5) is 0 Å². The summed E-state index contributed by atoms with van der Waals surface area (Å²) in [6.07, 6.45) is 29.3. The molecule has 0 aliphatic rings. The van der Waals surface area contributed by atoms with Gasteiger partial charge in [0.25, 0.3) is 0 Å². The van der Waals surface area contributed by atoms with Gasteiger partial charge >= 0.3 is 0 Å². The second kappa shape index (κ2) is 21.0. The van der Waals surface area contributed by atoms with E-state index in [2.05, 4.69) is 20.8 Å². The van der Waals surface area contributed by atoms with E-state index in [4.69, 9.17) is 0 Å². The van der Waals surface area contributed by atoms with Crippen molar-refractivity contribution in [3.8, 4) is 0 Å². The van der Waals surface area contributed by atoms with E-state index in [1.807, 2.05) is 0 Å². The summed E-state index contributed by atoms with van der Waals surface area (Å²) in [5, 5.41) is 0. The average Bonchev–Trinajstić information content (AvgIpc) is 2.56. The van der Waals surface area contributed by atoms with Crippen molar-refractivity contribution < 1.29 is 0 Å². The first kappa shape index (κ1) is 24.0. The molecular weight excluding hydrogens is 288 g/mol. The van der Waals surface area contributed by atoms with Gasteiger partial charge in [-0.3, -0.25) is 0 Å². The first-order valence-corrected chi connectivity index (χ1v) is 11.6. The molecule has 0 saturated carbocycles. The number of rotatable bonds is 20. The Morgan fingerprint density at radius 1 is 0.375 bits per heavy atom. The summed E-state index contributed by atoms with van der Waals surface area (Å²) in [7, 11) is 0. The maximum Gasteiger partial charge on any atom is -0.0303 e. The Morgan fingerprint density at radius 3 is 0.875 bits per heavy atom.